The SMILES string of the molecule is COC(=O)[C@]1(C)CCC[C@@]2(C)[C@H]1CC[C@H]1[C@H]3CCC(=O)[C@@]3(C)CC[C@@H]12. The number of ketones is 1. The summed E-state index contributed by atoms with van der Waals surface area (Å²) in [6, 6.07) is 0. The maximum atomic E-state index is 12.7. The van der Waals surface area contributed by atoms with E-state index in [1.165, 1.54) is 19.3 Å². The third-order valence-electron chi connectivity index (χ3n) is 9.41. The molecule has 0 heterocycles. The van der Waals surface area contributed by atoms with Gasteiger partial charge in [-0.15, -0.1) is 0 Å². The molecular weight excluding hydrogens is 312 g/mol. The molecule has 0 aromatic heterocycles. The molecule has 4 fully saturated rings. The summed E-state index contributed by atoms with van der Waals surface area (Å²) in [6.07, 6.45) is 9.80. The van der Waals surface area contributed by atoms with Gasteiger partial charge in [-0.05, 0) is 81.0 Å². The lowest BCUT2D eigenvalue weighted by molar-refractivity contribution is -0.181. The van der Waals surface area contributed by atoms with Crippen molar-refractivity contribution in [1.82, 2.24) is 0 Å². The van der Waals surface area contributed by atoms with E-state index in [1.54, 1.807) is 7.11 Å². The molecule has 4 aliphatic rings. The van der Waals surface area contributed by atoms with Crippen LogP contribution in [-0.4, -0.2) is 18.9 Å². The van der Waals surface area contributed by atoms with Crippen LogP contribution in [0.2, 0.25) is 0 Å². The second-order valence-corrected chi connectivity index (χ2v) is 10.2. The molecule has 4 saturated carbocycles. The van der Waals surface area contributed by atoms with Gasteiger partial charge in [-0.25, -0.2) is 0 Å². The van der Waals surface area contributed by atoms with Crippen LogP contribution >= 0.6 is 0 Å². The van der Waals surface area contributed by atoms with Gasteiger partial charge >= 0.3 is 5.97 Å². The molecule has 4 aliphatic carbocycles. The normalized spacial score (nSPS) is 52.1. The van der Waals surface area contributed by atoms with Gasteiger partial charge in [0.25, 0.3) is 0 Å². The number of hydrogen-bond donors (Lipinski definition) is 0. The predicted molar refractivity (Wildman–Crippen MR) is 96.9 cm³/mol. The molecule has 0 N–H and O–H groups in total. The molecule has 3 nitrogen and oxygen atoms in total. The number of carbonyl (C=O) groups is 2. The summed E-state index contributed by atoms with van der Waals surface area (Å²) in [7, 11) is 1.54. The van der Waals surface area contributed by atoms with Crippen LogP contribution in [0.5, 0.6) is 0 Å². The number of hydrogen-bond acceptors (Lipinski definition) is 3. The number of Topliss-reactive ketones (excluding diaryl/α,β-unsaturated/α-hetero) is 1. The lowest BCUT2D eigenvalue weighted by atomic mass is 9.41. The summed E-state index contributed by atoms with van der Waals surface area (Å²) in [5, 5.41) is 0. The second kappa shape index (κ2) is 5.57. The number of fused-ring (bicyclic) bond motifs is 5. The average molecular weight is 347 g/mol. The van der Waals surface area contributed by atoms with Crippen LogP contribution in [0.4, 0.5) is 0 Å². The van der Waals surface area contributed by atoms with Crippen LogP contribution in [0.1, 0.15) is 78.6 Å². The van der Waals surface area contributed by atoms with Gasteiger partial charge in [0.15, 0.2) is 0 Å². The van der Waals surface area contributed by atoms with Crippen molar-refractivity contribution >= 4 is 11.8 Å². The van der Waals surface area contributed by atoms with E-state index in [0.29, 0.717) is 29.5 Å². The monoisotopic (exact) mass is 346 g/mol. The summed E-state index contributed by atoms with van der Waals surface area (Å²) in [5.41, 5.74) is -0.138. The van der Waals surface area contributed by atoms with Gasteiger partial charge in [-0.1, -0.05) is 20.3 Å². The molecule has 0 aromatic rings. The van der Waals surface area contributed by atoms with Gasteiger partial charge < -0.3 is 4.74 Å². The molecule has 0 aromatic carbocycles. The molecule has 0 saturated heterocycles. The Morgan fingerprint density at radius 1 is 1.00 bits per heavy atom. The fraction of sp³-hybridized carbons (Fsp3) is 0.909. The molecular formula is C22H34O3. The quantitative estimate of drug-likeness (QED) is 0.642. The Balaban J connectivity index is 1.68. The standard InChI is InChI=1S/C22H34O3/c1-20-11-5-12-22(3,19(24)25-4)17(20)8-6-14-15-7-9-18(23)21(15,2)13-10-16(14)20/h14-17H,5-13H2,1-4H3/t14-,15+,16-,17+,20+,21-,22+/m0/s1. The first-order valence-electron chi connectivity index (χ1n) is 10.4. The van der Waals surface area contributed by atoms with Crippen molar-refractivity contribution in [2.75, 3.05) is 7.11 Å². The first kappa shape index (κ1) is 17.5. The van der Waals surface area contributed by atoms with Crippen LogP contribution in [0.25, 0.3) is 0 Å². The van der Waals surface area contributed by atoms with Crippen LogP contribution in [-0.2, 0) is 14.3 Å². The highest BCUT2D eigenvalue weighted by atomic mass is 16.5. The highest BCUT2D eigenvalue weighted by molar-refractivity contribution is 5.87. The number of carbonyl (C=O) groups excluding carboxylic acids is 2. The Kier molecular flexibility index (Phi) is 3.91. The van der Waals surface area contributed by atoms with E-state index in [1.807, 2.05) is 0 Å². The van der Waals surface area contributed by atoms with Crippen molar-refractivity contribution in [1.29, 1.82) is 0 Å². The molecule has 0 unspecified atom stereocenters. The third kappa shape index (κ3) is 2.16. The first-order valence-corrected chi connectivity index (χ1v) is 10.4. The smallest absolute Gasteiger partial charge is 0.311 e. The Labute approximate surface area is 152 Å². The molecule has 0 radical (unpaired) electrons. The van der Waals surface area contributed by atoms with Crippen molar-refractivity contribution in [3.05, 3.63) is 0 Å². The van der Waals surface area contributed by atoms with E-state index in [9.17, 15) is 9.59 Å². The summed E-state index contributed by atoms with van der Waals surface area (Å²) >= 11 is 0. The molecule has 140 valence electrons. The number of ether oxygens (including phenoxy) is 1. The van der Waals surface area contributed by atoms with E-state index >= 15 is 0 Å². The Bertz CT molecular complexity index is 598. The van der Waals surface area contributed by atoms with Crippen LogP contribution in [0, 0.1) is 39.9 Å². The molecule has 0 spiro atoms. The Morgan fingerprint density at radius 3 is 2.48 bits per heavy atom. The van der Waals surface area contributed by atoms with Crippen molar-refractivity contribution in [2.24, 2.45) is 39.9 Å². The Hall–Kier alpha value is -0.860. The molecule has 3 heteroatoms. The van der Waals surface area contributed by atoms with Gasteiger partial charge in [0.05, 0.1) is 12.5 Å². The third-order valence-corrected chi connectivity index (χ3v) is 9.41. The first-order chi connectivity index (χ1) is 11.8. The fourth-order valence-electron chi connectivity index (χ4n) is 8.12. The van der Waals surface area contributed by atoms with E-state index in [0.717, 1.165) is 38.5 Å². The fourth-order valence-corrected chi connectivity index (χ4v) is 8.12. The zero-order chi connectivity index (χ0) is 18.0. The van der Waals surface area contributed by atoms with Gasteiger partial charge in [-0.2, -0.15) is 0 Å². The topological polar surface area (TPSA) is 43.4 Å². The number of esters is 1. The largest absolute Gasteiger partial charge is 0.469 e. The summed E-state index contributed by atoms with van der Waals surface area (Å²) in [6.45, 7) is 6.87. The lowest BCUT2D eigenvalue weighted by Crippen LogP contribution is -2.58. The van der Waals surface area contributed by atoms with Crippen molar-refractivity contribution in [3.8, 4) is 0 Å². The molecule has 7 atom stereocenters. The number of methoxy groups -OCH3 is 1. The number of rotatable bonds is 1. The zero-order valence-corrected chi connectivity index (χ0v) is 16.4. The van der Waals surface area contributed by atoms with Gasteiger partial charge in [0.2, 0.25) is 0 Å². The van der Waals surface area contributed by atoms with Crippen molar-refractivity contribution < 1.29 is 14.3 Å². The summed E-state index contributed by atoms with van der Waals surface area (Å²) in [5.74, 6) is 2.91. The summed E-state index contributed by atoms with van der Waals surface area (Å²) in [4.78, 5) is 25.2. The molecule has 0 amide bonds. The minimum atomic E-state index is -0.320. The van der Waals surface area contributed by atoms with Gasteiger partial charge in [0.1, 0.15) is 5.78 Å². The maximum Gasteiger partial charge on any atom is 0.311 e. The van der Waals surface area contributed by atoms with E-state index < -0.39 is 0 Å². The summed E-state index contributed by atoms with van der Waals surface area (Å²) < 4.78 is 5.24. The van der Waals surface area contributed by atoms with Crippen LogP contribution in [0.15, 0.2) is 0 Å². The second-order valence-electron chi connectivity index (χ2n) is 10.2. The van der Waals surface area contributed by atoms with Gasteiger partial charge in [-0.3, -0.25) is 9.59 Å². The van der Waals surface area contributed by atoms with E-state index in [4.69, 9.17) is 4.74 Å². The Morgan fingerprint density at radius 2 is 1.76 bits per heavy atom. The van der Waals surface area contributed by atoms with Crippen molar-refractivity contribution in [2.45, 2.75) is 78.6 Å². The molecule has 0 bridgehead atoms. The highest BCUT2D eigenvalue weighted by Crippen LogP contribution is 2.68. The lowest BCUT2D eigenvalue weighted by Gasteiger charge is -2.62. The van der Waals surface area contributed by atoms with Crippen molar-refractivity contribution in [3.63, 3.8) is 0 Å². The maximum absolute atomic E-state index is 12.7. The predicted octanol–water partition coefficient (Wildman–Crippen LogP) is 4.78. The minimum absolute atomic E-state index is 0.00133. The zero-order valence-electron chi connectivity index (χ0n) is 16.4. The molecule has 4 rings (SSSR count). The highest BCUT2D eigenvalue weighted by Gasteiger charge is 2.63. The van der Waals surface area contributed by atoms with Gasteiger partial charge in [0, 0.05) is 11.8 Å². The van der Waals surface area contributed by atoms with E-state index in [2.05, 4.69) is 20.8 Å². The minimum Gasteiger partial charge on any atom is -0.469 e. The molecule has 0 aliphatic heterocycles. The molecule has 25 heavy (non-hydrogen) atoms. The van der Waals surface area contributed by atoms with E-state index in [-0.39, 0.29) is 22.2 Å². The van der Waals surface area contributed by atoms with Crippen LogP contribution < -0.4 is 0 Å². The average Bonchev–Trinajstić information content (AvgIpc) is 2.89. The van der Waals surface area contributed by atoms with Crippen LogP contribution in [0.3, 0.4) is 0 Å².